The van der Waals surface area contributed by atoms with E-state index >= 15 is 0 Å². The molecule has 0 saturated heterocycles. The van der Waals surface area contributed by atoms with Crippen LogP contribution in [0.4, 0.5) is 5.00 Å². The van der Waals surface area contributed by atoms with Gasteiger partial charge >= 0.3 is 0 Å². The number of carbonyl (C=O) groups excluding carboxylic acids is 1. The van der Waals surface area contributed by atoms with Crippen molar-refractivity contribution < 1.29 is 4.79 Å². The van der Waals surface area contributed by atoms with Crippen LogP contribution in [0.1, 0.15) is 48.7 Å². The zero-order valence-corrected chi connectivity index (χ0v) is 10.7. The van der Waals surface area contributed by atoms with Crippen LogP contribution in [0.2, 0.25) is 0 Å². The monoisotopic (exact) mass is 238 g/mol. The molecule has 0 aliphatic heterocycles. The Balaban J connectivity index is 2.00. The van der Waals surface area contributed by atoms with Gasteiger partial charge in [0.25, 0.3) is 0 Å². The molecule has 0 unspecified atom stereocenters. The molecule has 16 heavy (non-hydrogen) atoms. The number of nitrogens with zero attached hydrogens (tertiary/aromatic N) is 1. The van der Waals surface area contributed by atoms with Gasteiger partial charge < -0.3 is 5.32 Å². The SMILES string of the molecule is CC(=O)c1c(C)nsc1NCC1CCCC1. The molecule has 1 heterocycles. The summed E-state index contributed by atoms with van der Waals surface area (Å²) in [5.74, 6) is 0.891. The normalized spacial score (nSPS) is 16.6. The fourth-order valence-corrected chi connectivity index (χ4v) is 3.21. The molecule has 1 aromatic rings. The molecule has 1 fully saturated rings. The van der Waals surface area contributed by atoms with Gasteiger partial charge in [0, 0.05) is 6.54 Å². The lowest BCUT2D eigenvalue weighted by Gasteiger charge is -2.10. The van der Waals surface area contributed by atoms with E-state index in [1.807, 2.05) is 6.92 Å². The number of hydrogen-bond acceptors (Lipinski definition) is 4. The van der Waals surface area contributed by atoms with Gasteiger partial charge in [-0.15, -0.1) is 0 Å². The predicted octanol–water partition coefficient (Wildman–Crippen LogP) is 3.26. The zero-order chi connectivity index (χ0) is 11.5. The smallest absolute Gasteiger partial charge is 0.164 e. The Labute approximate surface area is 100 Å². The van der Waals surface area contributed by atoms with Crippen LogP contribution in [0.15, 0.2) is 0 Å². The minimum Gasteiger partial charge on any atom is -0.375 e. The van der Waals surface area contributed by atoms with Gasteiger partial charge in [-0.2, -0.15) is 4.37 Å². The van der Waals surface area contributed by atoms with Gasteiger partial charge in [-0.3, -0.25) is 4.79 Å². The molecule has 0 spiro atoms. The third-order valence-electron chi connectivity index (χ3n) is 3.24. The molecule has 0 bridgehead atoms. The molecule has 0 radical (unpaired) electrons. The average molecular weight is 238 g/mol. The maximum atomic E-state index is 11.5. The molecule has 88 valence electrons. The van der Waals surface area contributed by atoms with Gasteiger partial charge in [0.1, 0.15) is 5.00 Å². The third-order valence-corrected chi connectivity index (χ3v) is 4.14. The number of nitrogens with one attached hydrogen (secondary N) is 1. The summed E-state index contributed by atoms with van der Waals surface area (Å²) >= 11 is 1.41. The van der Waals surface area contributed by atoms with E-state index in [4.69, 9.17) is 0 Å². The Hall–Kier alpha value is -0.900. The molecule has 1 aromatic heterocycles. The topological polar surface area (TPSA) is 42.0 Å². The maximum Gasteiger partial charge on any atom is 0.164 e. The number of Topliss-reactive ketones (excluding diaryl/α,β-unsaturated/α-hetero) is 1. The second-order valence-electron chi connectivity index (χ2n) is 4.56. The summed E-state index contributed by atoms with van der Waals surface area (Å²) < 4.78 is 4.24. The van der Waals surface area contributed by atoms with E-state index in [0.29, 0.717) is 0 Å². The van der Waals surface area contributed by atoms with E-state index < -0.39 is 0 Å². The summed E-state index contributed by atoms with van der Waals surface area (Å²) in [6.07, 6.45) is 5.35. The molecule has 4 heteroatoms. The predicted molar refractivity (Wildman–Crippen MR) is 67.3 cm³/mol. The van der Waals surface area contributed by atoms with E-state index in [-0.39, 0.29) is 5.78 Å². The first kappa shape index (κ1) is 11.6. The molecule has 1 aliphatic carbocycles. The number of rotatable bonds is 4. The van der Waals surface area contributed by atoms with Gasteiger partial charge in [-0.25, -0.2) is 0 Å². The molecule has 1 saturated carbocycles. The first-order chi connectivity index (χ1) is 7.68. The molecule has 0 aromatic carbocycles. The molecule has 2 rings (SSSR count). The molecule has 3 nitrogen and oxygen atoms in total. The van der Waals surface area contributed by atoms with Crippen molar-refractivity contribution in [3.63, 3.8) is 0 Å². The van der Waals surface area contributed by atoms with Crippen LogP contribution in [0.25, 0.3) is 0 Å². The van der Waals surface area contributed by atoms with E-state index in [0.717, 1.165) is 28.7 Å². The van der Waals surface area contributed by atoms with Crippen molar-refractivity contribution in [2.75, 3.05) is 11.9 Å². The summed E-state index contributed by atoms with van der Waals surface area (Å²) in [5.41, 5.74) is 1.63. The van der Waals surface area contributed by atoms with Crippen LogP contribution >= 0.6 is 11.5 Å². The Bertz CT molecular complexity index is 380. The van der Waals surface area contributed by atoms with Gasteiger partial charge in [0.2, 0.25) is 0 Å². The molecule has 0 amide bonds. The first-order valence-corrected chi connectivity index (χ1v) is 6.67. The van der Waals surface area contributed by atoms with Crippen molar-refractivity contribution in [2.45, 2.75) is 39.5 Å². The van der Waals surface area contributed by atoms with E-state index in [1.54, 1.807) is 6.92 Å². The Kier molecular flexibility index (Phi) is 3.59. The van der Waals surface area contributed by atoms with Crippen molar-refractivity contribution >= 4 is 22.3 Å². The zero-order valence-electron chi connectivity index (χ0n) is 9.88. The van der Waals surface area contributed by atoms with Crippen LogP contribution in [0, 0.1) is 12.8 Å². The maximum absolute atomic E-state index is 11.5. The summed E-state index contributed by atoms with van der Waals surface area (Å²) in [4.78, 5) is 11.5. The van der Waals surface area contributed by atoms with E-state index in [9.17, 15) is 4.79 Å². The number of carbonyl (C=O) groups is 1. The second kappa shape index (κ2) is 4.95. The molecular weight excluding hydrogens is 220 g/mol. The van der Waals surface area contributed by atoms with Crippen molar-refractivity contribution in [1.82, 2.24) is 4.37 Å². The van der Waals surface area contributed by atoms with Crippen LogP contribution in [-0.4, -0.2) is 16.7 Å². The number of ketones is 1. The highest BCUT2D eigenvalue weighted by Crippen LogP contribution is 2.28. The number of aryl methyl sites for hydroxylation is 1. The van der Waals surface area contributed by atoms with Gasteiger partial charge in [0.05, 0.1) is 11.3 Å². The lowest BCUT2D eigenvalue weighted by atomic mass is 10.1. The first-order valence-electron chi connectivity index (χ1n) is 5.89. The summed E-state index contributed by atoms with van der Waals surface area (Å²) in [6.45, 7) is 4.49. The summed E-state index contributed by atoms with van der Waals surface area (Å²) in [5, 5.41) is 4.35. The van der Waals surface area contributed by atoms with Gasteiger partial charge in [-0.05, 0) is 44.1 Å². The lowest BCUT2D eigenvalue weighted by Crippen LogP contribution is -2.11. The van der Waals surface area contributed by atoms with Crippen molar-refractivity contribution in [3.8, 4) is 0 Å². The number of hydrogen-bond donors (Lipinski definition) is 1. The average Bonchev–Trinajstić information content (AvgIpc) is 2.83. The highest BCUT2D eigenvalue weighted by molar-refractivity contribution is 7.10. The molecule has 0 atom stereocenters. The van der Waals surface area contributed by atoms with Crippen LogP contribution in [0.3, 0.4) is 0 Å². The fraction of sp³-hybridized carbons (Fsp3) is 0.667. The highest BCUT2D eigenvalue weighted by atomic mass is 32.1. The number of aromatic nitrogens is 1. The van der Waals surface area contributed by atoms with Crippen LogP contribution in [-0.2, 0) is 0 Å². The quantitative estimate of drug-likeness (QED) is 0.819. The lowest BCUT2D eigenvalue weighted by molar-refractivity contribution is 0.101. The van der Waals surface area contributed by atoms with Gasteiger partial charge in [-0.1, -0.05) is 12.8 Å². The van der Waals surface area contributed by atoms with Gasteiger partial charge in [0.15, 0.2) is 5.78 Å². The Morgan fingerprint density at radius 2 is 2.19 bits per heavy atom. The molecule has 1 aliphatic rings. The summed E-state index contributed by atoms with van der Waals surface area (Å²) in [7, 11) is 0. The molecular formula is C12H18N2OS. The minimum atomic E-state index is 0.111. The number of anilines is 1. The van der Waals surface area contributed by atoms with Crippen molar-refractivity contribution in [1.29, 1.82) is 0 Å². The molecule has 1 N–H and O–H groups in total. The van der Waals surface area contributed by atoms with Crippen molar-refractivity contribution in [3.05, 3.63) is 11.3 Å². The fourth-order valence-electron chi connectivity index (χ4n) is 2.36. The van der Waals surface area contributed by atoms with E-state index in [1.165, 1.54) is 37.2 Å². The standard InChI is InChI=1S/C12H18N2OS/c1-8-11(9(2)15)12(16-14-8)13-7-10-5-3-4-6-10/h10,13H,3-7H2,1-2H3. The van der Waals surface area contributed by atoms with Crippen LogP contribution in [0.5, 0.6) is 0 Å². The highest BCUT2D eigenvalue weighted by Gasteiger charge is 2.18. The summed E-state index contributed by atoms with van der Waals surface area (Å²) in [6, 6.07) is 0. The largest absolute Gasteiger partial charge is 0.375 e. The van der Waals surface area contributed by atoms with Crippen molar-refractivity contribution in [2.24, 2.45) is 5.92 Å². The Morgan fingerprint density at radius 1 is 1.50 bits per heavy atom. The van der Waals surface area contributed by atoms with E-state index in [2.05, 4.69) is 9.69 Å². The Morgan fingerprint density at radius 3 is 2.81 bits per heavy atom. The third kappa shape index (κ3) is 2.43. The second-order valence-corrected chi connectivity index (χ2v) is 5.33. The minimum absolute atomic E-state index is 0.111. The van der Waals surface area contributed by atoms with Crippen LogP contribution < -0.4 is 5.32 Å².